The molecule has 3 heterocycles. The van der Waals surface area contributed by atoms with Crippen LogP contribution in [0.2, 0.25) is 0 Å². The molecule has 0 saturated carbocycles. The van der Waals surface area contributed by atoms with Crippen LogP contribution in [-0.4, -0.2) is 62.3 Å². The molecule has 0 radical (unpaired) electrons. The Bertz CT molecular complexity index is 862. The Labute approximate surface area is 174 Å². The normalized spacial score (nSPS) is 33.5. The van der Waals surface area contributed by atoms with Gasteiger partial charge in [-0.05, 0) is 45.4 Å². The molecule has 3 saturated heterocycles. The molecule has 3 aliphatic rings. The van der Waals surface area contributed by atoms with Gasteiger partial charge in [0.2, 0.25) is 0 Å². The smallest absolute Gasteiger partial charge is 0.338 e. The Morgan fingerprint density at radius 2 is 1.37 bits per heavy atom. The van der Waals surface area contributed by atoms with Crippen LogP contribution in [0, 0.1) is 0 Å². The zero-order valence-corrected chi connectivity index (χ0v) is 17.8. The van der Waals surface area contributed by atoms with Crippen molar-refractivity contribution in [2.75, 3.05) is 14.2 Å². The molecule has 0 N–H and O–H groups in total. The second-order valence-electron chi connectivity index (χ2n) is 8.38. The highest BCUT2D eigenvalue weighted by molar-refractivity contribution is 6.03. The number of hydrogen-bond donors (Lipinski definition) is 0. The summed E-state index contributed by atoms with van der Waals surface area (Å²) in [7, 11) is 2.49. The minimum atomic E-state index is -0.848. The van der Waals surface area contributed by atoms with E-state index in [0.717, 1.165) is 0 Å². The van der Waals surface area contributed by atoms with Gasteiger partial charge in [0.25, 0.3) is 0 Å². The third-order valence-corrected chi connectivity index (χ3v) is 5.34. The summed E-state index contributed by atoms with van der Waals surface area (Å²) in [5.41, 5.74) is 0.793. The van der Waals surface area contributed by atoms with Gasteiger partial charge in [0.05, 0.1) is 25.3 Å². The van der Waals surface area contributed by atoms with Crippen molar-refractivity contribution in [1.82, 2.24) is 0 Å². The molecule has 9 nitrogen and oxygen atoms in total. The number of carbonyl (C=O) groups excluding carboxylic acids is 2. The van der Waals surface area contributed by atoms with Crippen molar-refractivity contribution in [3.05, 3.63) is 34.9 Å². The largest absolute Gasteiger partial charge is 0.465 e. The lowest BCUT2D eigenvalue weighted by Gasteiger charge is -2.37. The van der Waals surface area contributed by atoms with E-state index in [0.29, 0.717) is 5.56 Å². The van der Waals surface area contributed by atoms with Gasteiger partial charge in [-0.1, -0.05) is 6.07 Å². The number of ether oxygens (including phenoxy) is 7. The SMILES string of the molecule is COC(=O)c1ccc([C@H]2O[C@@H]3OC(C)(C)O[C@@H]3[C@H]3OC(C)(C)O[C@H]32)cc1C(=O)OC. The van der Waals surface area contributed by atoms with Crippen LogP contribution >= 0.6 is 0 Å². The first kappa shape index (κ1) is 21.2. The summed E-state index contributed by atoms with van der Waals surface area (Å²) in [6.07, 6.45) is -2.70. The first-order valence-electron chi connectivity index (χ1n) is 9.72. The Hall–Kier alpha value is -2.04. The molecule has 3 fully saturated rings. The van der Waals surface area contributed by atoms with Crippen molar-refractivity contribution in [3.63, 3.8) is 0 Å². The number of benzene rings is 1. The van der Waals surface area contributed by atoms with Crippen molar-refractivity contribution in [2.45, 2.75) is 70.0 Å². The number of fused-ring (bicyclic) bond motifs is 3. The molecule has 3 aliphatic heterocycles. The van der Waals surface area contributed by atoms with Gasteiger partial charge in [-0.25, -0.2) is 9.59 Å². The Balaban J connectivity index is 1.74. The van der Waals surface area contributed by atoms with E-state index in [4.69, 9.17) is 33.2 Å². The highest BCUT2D eigenvalue weighted by Gasteiger charge is 2.61. The molecule has 1 aromatic rings. The summed E-state index contributed by atoms with van der Waals surface area (Å²) in [6.45, 7) is 7.25. The molecule has 0 amide bonds. The lowest BCUT2D eigenvalue weighted by molar-refractivity contribution is -0.236. The molecule has 9 heteroatoms. The molecule has 4 rings (SSSR count). The number of hydrogen-bond acceptors (Lipinski definition) is 9. The molecule has 164 valence electrons. The summed E-state index contributed by atoms with van der Waals surface area (Å²) < 4.78 is 40.0. The molecule has 0 unspecified atom stereocenters. The van der Waals surface area contributed by atoms with E-state index in [9.17, 15) is 9.59 Å². The lowest BCUT2D eigenvalue weighted by Crippen LogP contribution is -2.51. The monoisotopic (exact) mass is 422 g/mol. The highest BCUT2D eigenvalue weighted by atomic mass is 16.9. The molecular weight excluding hydrogens is 396 g/mol. The standard InChI is InChI=1S/C21H26O9/c1-20(2)27-14-13(26-19-16(15(14)28-20)29-21(3,4)30-19)10-7-8-11(17(22)24-5)12(9-10)18(23)25-6/h7-9,13-16,19H,1-6H3/t13-,14+,15+,16-,19-/m1/s1. The van der Waals surface area contributed by atoms with Gasteiger partial charge in [-0.15, -0.1) is 0 Å². The van der Waals surface area contributed by atoms with Gasteiger partial charge >= 0.3 is 11.9 Å². The minimum Gasteiger partial charge on any atom is -0.465 e. The molecule has 0 spiro atoms. The van der Waals surface area contributed by atoms with Gasteiger partial charge in [0.1, 0.15) is 24.4 Å². The van der Waals surface area contributed by atoms with E-state index in [1.165, 1.54) is 20.3 Å². The Kier molecular flexibility index (Phi) is 5.14. The number of carbonyl (C=O) groups is 2. The first-order valence-corrected chi connectivity index (χ1v) is 9.72. The summed E-state index contributed by atoms with van der Waals surface area (Å²) in [5.74, 6) is -2.98. The molecule has 1 aromatic carbocycles. The summed E-state index contributed by atoms with van der Waals surface area (Å²) in [6, 6.07) is 4.75. The fourth-order valence-corrected chi connectivity index (χ4v) is 4.19. The number of rotatable bonds is 3. The summed E-state index contributed by atoms with van der Waals surface area (Å²) >= 11 is 0. The van der Waals surface area contributed by atoms with E-state index in [1.54, 1.807) is 26.0 Å². The molecular formula is C21H26O9. The van der Waals surface area contributed by atoms with Crippen LogP contribution in [0.3, 0.4) is 0 Å². The van der Waals surface area contributed by atoms with Crippen LogP contribution in [0.4, 0.5) is 0 Å². The van der Waals surface area contributed by atoms with E-state index < -0.39 is 54.2 Å². The van der Waals surface area contributed by atoms with E-state index in [2.05, 4.69) is 0 Å². The van der Waals surface area contributed by atoms with Gasteiger partial charge in [-0.3, -0.25) is 0 Å². The van der Waals surface area contributed by atoms with Gasteiger partial charge in [-0.2, -0.15) is 0 Å². The maximum atomic E-state index is 12.3. The lowest BCUT2D eigenvalue weighted by atomic mass is 9.92. The third kappa shape index (κ3) is 3.61. The quantitative estimate of drug-likeness (QED) is 0.680. The molecule has 0 aliphatic carbocycles. The number of esters is 2. The summed E-state index contributed by atoms with van der Waals surface area (Å²) in [5, 5.41) is 0. The van der Waals surface area contributed by atoms with Crippen LogP contribution in [0.25, 0.3) is 0 Å². The van der Waals surface area contributed by atoms with E-state index >= 15 is 0 Å². The Morgan fingerprint density at radius 3 is 2.03 bits per heavy atom. The second-order valence-corrected chi connectivity index (χ2v) is 8.38. The van der Waals surface area contributed by atoms with E-state index in [-0.39, 0.29) is 11.1 Å². The maximum absolute atomic E-state index is 12.3. The van der Waals surface area contributed by atoms with Crippen LogP contribution in [0.15, 0.2) is 18.2 Å². The van der Waals surface area contributed by atoms with Crippen LogP contribution < -0.4 is 0 Å². The van der Waals surface area contributed by atoms with Crippen molar-refractivity contribution < 1.29 is 42.7 Å². The average Bonchev–Trinajstić information content (AvgIpc) is 3.19. The molecule has 5 atom stereocenters. The zero-order chi connectivity index (χ0) is 21.8. The van der Waals surface area contributed by atoms with Crippen molar-refractivity contribution >= 4 is 11.9 Å². The fraction of sp³-hybridized carbons (Fsp3) is 0.619. The zero-order valence-electron chi connectivity index (χ0n) is 17.8. The maximum Gasteiger partial charge on any atom is 0.338 e. The summed E-state index contributed by atoms with van der Waals surface area (Å²) in [4.78, 5) is 24.4. The topological polar surface area (TPSA) is 98.8 Å². The molecule has 0 bridgehead atoms. The van der Waals surface area contributed by atoms with E-state index in [1.807, 2.05) is 13.8 Å². The first-order chi connectivity index (χ1) is 14.0. The fourth-order valence-electron chi connectivity index (χ4n) is 4.19. The predicted octanol–water partition coefficient (Wildman–Crippen LogP) is 2.33. The number of methoxy groups -OCH3 is 2. The minimum absolute atomic E-state index is 0.0752. The van der Waals surface area contributed by atoms with Crippen molar-refractivity contribution in [2.24, 2.45) is 0 Å². The molecule has 0 aromatic heterocycles. The average molecular weight is 422 g/mol. The molecule has 30 heavy (non-hydrogen) atoms. The third-order valence-electron chi connectivity index (χ3n) is 5.34. The van der Waals surface area contributed by atoms with Gasteiger partial charge in [0.15, 0.2) is 17.9 Å². The van der Waals surface area contributed by atoms with Crippen LogP contribution in [0.1, 0.15) is 60.1 Å². The Morgan fingerprint density at radius 1 is 0.800 bits per heavy atom. The van der Waals surface area contributed by atoms with Crippen LogP contribution in [0.5, 0.6) is 0 Å². The van der Waals surface area contributed by atoms with Crippen LogP contribution in [-0.2, 0) is 33.2 Å². The van der Waals surface area contributed by atoms with Crippen molar-refractivity contribution in [1.29, 1.82) is 0 Å². The van der Waals surface area contributed by atoms with Gasteiger partial charge in [0, 0.05) is 0 Å². The highest BCUT2D eigenvalue weighted by Crippen LogP contribution is 2.48. The van der Waals surface area contributed by atoms with Gasteiger partial charge < -0.3 is 33.2 Å². The van der Waals surface area contributed by atoms with Crippen molar-refractivity contribution in [3.8, 4) is 0 Å². The predicted molar refractivity (Wildman–Crippen MR) is 101 cm³/mol. The second kappa shape index (κ2) is 7.28.